The van der Waals surface area contributed by atoms with Crippen LogP contribution in [0.5, 0.6) is 11.6 Å². The van der Waals surface area contributed by atoms with E-state index in [0.29, 0.717) is 28.8 Å². The number of nitrogens with zero attached hydrogens (tertiary/aromatic N) is 3. The van der Waals surface area contributed by atoms with Crippen molar-refractivity contribution in [2.24, 2.45) is 0 Å². The molecule has 0 unspecified atom stereocenters. The molecule has 0 aliphatic heterocycles. The van der Waals surface area contributed by atoms with Gasteiger partial charge in [0.1, 0.15) is 22.3 Å². The second kappa shape index (κ2) is 6.69. The fraction of sp³-hybridized carbons (Fsp3) is 0.231. The summed E-state index contributed by atoms with van der Waals surface area (Å²) in [5.41, 5.74) is 0.509. The van der Waals surface area contributed by atoms with E-state index >= 15 is 0 Å². The molecular formula is C13H11Cl2N3O3. The fourth-order valence-corrected chi connectivity index (χ4v) is 2.19. The standard InChI is InChI=1S/C13H11Cl2N3O3/c1-2-3-9-12(15)16-7-17-13(9)21-8-4-5-11(18(19)20)10(14)6-8/h4-7H,2-3H2,1H3. The normalized spacial score (nSPS) is 10.4. The first-order valence-electron chi connectivity index (χ1n) is 6.14. The fourth-order valence-electron chi connectivity index (χ4n) is 1.73. The van der Waals surface area contributed by atoms with Crippen LogP contribution in [0.15, 0.2) is 24.5 Å². The van der Waals surface area contributed by atoms with Crippen LogP contribution < -0.4 is 4.74 Å². The van der Waals surface area contributed by atoms with Crippen LogP contribution in [0.1, 0.15) is 18.9 Å². The molecule has 1 aromatic carbocycles. The van der Waals surface area contributed by atoms with Crippen LogP contribution in [-0.2, 0) is 6.42 Å². The van der Waals surface area contributed by atoms with Crippen molar-refractivity contribution < 1.29 is 9.66 Å². The minimum Gasteiger partial charge on any atom is -0.439 e. The molecule has 8 heteroatoms. The quantitative estimate of drug-likeness (QED) is 0.461. The molecule has 1 aromatic heterocycles. The Bertz CT molecular complexity index is 680. The van der Waals surface area contributed by atoms with Gasteiger partial charge in [-0.15, -0.1) is 0 Å². The first-order chi connectivity index (χ1) is 10.0. The number of ether oxygens (including phenoxy) is 1. The van der Waals surface area contributed by atoms with Gasteiger partial charge in [-0.3, -0.25) is 10.1 Å². The van der Waals surface area contributed by atoms with Crippen LogP contribution >= 0.6 is 23.2 Å². The molecule has 0 radical (unpaired) electrons. The molecule has 0 aliphatic carbocycles. The molecular weight excluding hydrogens is 317 g/mol. The summed E-state index contributed by atoms with van der Waals surface area (Å²) in [6.07, 6.45) is 2.81. The third kappa shape index (κ3) is 3.59. The highest BCUT2D eigenvalue weighted by Crippen LogP contribution is 2.32. The van der Waals surface area contributed by atoms with E-state index in [0.717, 1.165) is 6.42 Å². The molecule has 0 bridgehead atoms. The molecule has 0 amide bonds. The van der Waals surface area contributed by atoms with Crippen molar-refractivity contribution in [2.75, 3.05) is 0 Å². The zero-order valence-corrected chi connectivity index (χ0v) is 12.6. The van der Waals surface area contributed by atoms with Gasteiger partial charge < -0.3 is 4.74 Å². The van der Waals surface area contributed by atoms with Crippen molar-refractivity contribution in [2.45, 2.75) is 19.8 Å². The Balaban J connectivity index is 2.32. The number of halogens is 2. The maximum Gasteiger partial charge on any atom is 0.288 e. The molecule has 110 valence electrons. The Hall–Kier alpha value is -1.92. The highest BCUT2D eigenvalue weighted by Gasteiger charge is 2.15. The number of hydrogen-bond acceptors (Lipinski definition) is 5. The molecule has 6 nitrogen and oxygen atoms in total. The maximum absolute atomic E-state index is 10.7. The predicted octanol–water partition coefficient (Wildman–Crippen LogP) is 4.44. The Morgan fingerprint density at radius 1 is 1.33 bits per heavy atom. The number of nitro benzene ring substituents is 1. The predicted molar refractivity (Wildman–Crippen MR) is 79.2 cm³/mol. The summed E-state index contributed by atoms with van der Waals surface area (Å²) >= 11 is 11.9. The van der Waals surface area contributed by atoms with Crippen molar-refractivity contribution >= 4 is 28.9 Å². The van der Waals surface area contributed by atoms with Crippen LogP contribution in [0.3, 0.4) is 0 Å². The summed E-state index contributed by atoms with van der Waals surface area (Å²) in [7, 11) is 0. The minimum absolute atomic E-state index is 0.00491. The SMILES string of the molecule is CCCc1c(Cl)ncnc1Oc1ccc([N+](=O)[O-])c(Cl)c1. The van der Waals surface area contributed by atoms with Gasteiger partial charge in [-0.2, -0.15) is 0 Å². The highest BCUT2D eigenvalue weighted by molar-refractivity contribution is 6.32. The zero-order valence-electron chi connectivity index (χ0n) is 11.0. The Labute approximate surface area is 130 Å². The number of aromatic nitrogens is 2. The molecule has 0 fully saturated rings. The van der Waals surface area contributed by atoms with Gasteiger partial charge in [0.25, 0.3) is 5.69 Å². The van der Waals surface area contributed by atoms with E-state index < -0.39 is 4.92 Å². The number of benzene rings is 1. The van der Waals surface area contributed by atoms with Crippen LogP contribution in [0.25, 0.3) is 0 Å². The highest BCUT2D eigenvalue weighted by atomic mass is 35.5. The lowest BCUT2D eigenvalue weighted by atomic mass is 10.2. The lowest BCUT2D eigenvalue weighted by Crippen LogP contribution is -1.98. The Morgan fingerprint density at radius 2 is 2.10 bits per heavy atom. The second-order valence-corrected chi connectivity index (χ2v) is 4.94. The van der Waals surface area contributed by atoms with Crippen molar-refractivity contribution in [1.29, 1.82) is 0 Å². The van der Waals surface area contributed by atoms with Gasteiger partial charge in [-0.1, -0.05) is 36.5 Å². The monoisotopic (exact) mass is 327 g/mol. The van der Waals surface area contributed by atoms with Crippen LogP contribution in [-0.4, -0.2) is 14.9 Å². The molecule has 0 spiro atoms. The van der Waals surface area contributed by atoms with Crippen molar-refractivity contribution in [3.05, 3.63) is 50.4 Å². The van der Waals surface area contributed by atoms with E-state index in [2.05, 4.69) is 9.97 Å². The molecule has 0 aliphatic rings. The number of nitro groups is 1. The summed E-state index contributed by atoms with van der Waals surface area (Å²) in [4.78, 5) is 18.1. The van der Waals surface area contributed by atoms with Crippen molar-refractivity contribution in [1.82, 2.24) is 9.97 Å². The third-order valence-electron chi connectivity index (χ3n) is 2.68. The Morgan fingerprint density at radius 3 is 2.71 bits per heavy atom. The summed E-state index contributed by atoms with van der Waals surface area (Å²) in [5.74, 6) is 0.666. The van der Waals surface area contributed by atoms with E-state index in [1.807, 2.05) is 6.92 Å². The van der Waals surface area contributed by atoms with Gasteiger partial charge >= 0.3 is 0 Å². The lowest BCUT2D eigenvalue weighted by molar-refractivity contribution is -0.384. The van der Waals surface area contributed by atoms with E-state index in [4.69, 9.17) is 27.9 Å². The first kappa shape index (κ1) is 15.5. The average molecular weight is 328 g/mol. The number of rotatable bonds is 5. The molecule has 21 heavy (non-hydrogen) atoms. The van der Waals surface area contributed by atoms with Crippen LogP contribution in [0.4, 0.5) is 5.69 Å². The van der Waals surface area contributed by atoms with Gasteiger partial charge in [0.15, 0.2) is 0 Å². The summed E-state index contributed by atoms with van der Waals surface area (Å²) in [5, 5.41) is 11.0. The van der Waals surface area contributed by atoms with Gasteiger partial charge in [-0.25, -0.2) is 9.97 Å². The van der Waals surface area contributed by atoms with E-state index in [1.54, 1.807) is 0 Å². The zero-order chi connectivity index (χ0) is 15.4. The van der Waals surface area contributed by atoms with Gasteiger partial charge in [0.05, 0.1) is 10.5 Å². The maximum atomic E-state index is 10.7. The lowest BCUT2D eigenvalue weighted by Gasteiger charge is -2.10. The largest absolute Gasteiger partial charge is 0.439 e. The van der Waals surface area contributed by atoms with E-state index in [9.17, 15) is 10.1 Å². The molecule has 0 atom stereocenters. The Kier molecular flexibility index (Phi) is 4.93. The summed E-state index contributed by atoms with van der Waals surface area (Å²) in [6.45, 7) is 2.00. The molecule has 2 aromatic rings. The molecule has 0 saturated carbocycles. The van der Waals surface area contributed by atoms with Crippen molar-refractivity contribution in [3.8, 4) is 11.6 Å². The van der Waals surface area contributed by atoms with E-state index in [1.165, 1.54) is 24.5 Å². The molecule has 1 heterocycles. The molecule has 0 N–H and O–H groups in total. The van der Waals surface area contributed by atoms with E-state index in [-0.39, 0.29) is 10.7 Å². The van der Waals surface area contributed by atoms with Gasteiger partial charge in [0.2, 0.25) is 5.88 Å². The van der Waals surface area contributed by atoms with Gasteiger partial charge in [0, 0.05) is 12.1 Å². The summed E-state index contributed by atoms with van der Waals surface area (Å²) in [6, 6.07) is 4.10. The van der Waals surface area contributed by atoms with Crippen LogP contribution in [0, 0.1) is 10.1 Å². The topological polar surface area (TPSA) is 78.2 Å². The average Bonchev–Trinajstić information content (AvgIpc) is 2.42. The second-order valence-electron chi connectivity index (χ2n) is 4.17. The number of hydrogen-bond donors (Lipinski definition) is 0. The minimum atomic E-state index is -0.559. The van der Waals surface area contributed by atoms with Crippen molar-refractivity contribution in [3.63, 3.8) is 0 Å². The molecule has 0 saturated heterocycles. The van der Waals surface area contributed by atoms with Crippen LogP contribution in [0.2, 0.25) is 10.2 Å². The molecule has 2 rings (SSSR count). The third-order valence-corrected chi connectivity index (χ3v) is 3.31. The smallest absolute Gasteiger partial charge is 0.288 e. The van der Waals surface area contributed by atoms with Gasteiger partial charge in [-0.05, 0) is 12.5 Å². The first-order valence-corrected chi connectivity index (χ1v) is 6.89. The summed E-state index contributed by atoms with van der Waals surface area (Å²) < 4.78 is 5.62.